The van der Waals surface area contributed by atoms with Gasteiger partial charge in [0.25, 0.3) is 0 Å². The van der Waals surface area contributed by atoms with Crippen LogP contribution in [0, 0.1) is 0 Å². The predicted octanol–water partition coefficient (Wildman–Crippen LogP) is -0.398. The van der Waals surface area contributed by atoms with Crippen LogP contribution in [0.2, 0.25) is 0 Å². The molecular weight excluding hydrogens is 70.0 g/mol. The van der Waals surface area contributed by atoms with E-state index < -0.39 is 0 Å². The maximum absolute atomic E-state index is 9.06. The highest BCUT2D eigenvalue weighted by Crippen LogP contribution is 1.39. The fourth-order valence-electron chi connectivity index (χ4n) is 0.0248. The Morgan fingerprint density at radius 1 is 1.60 bits per heavy atom. The van der Waals surface area contributed by atoms with Crippen molar-refractivity contribution in [3.63, 3.8) is 0 Å². The van der Waals surface area contributed by atoms with Crippen LogP contribution >= 0.6 is 0 Å². The van der Waals surface area contributed by atoms with Crippen LogP contribution in [0.4, 0.5) is 0 Å². The smallest absolute Gasteiger partial charge is 0.164 e. The molecule has 0 spiro atoms. The number of nitrogens with zero attached hydrogens (tertiary/aromatic N) is 1. The summed E-state index contributed by atoms with van der Waals surface area (Å²) < 4.78 is 0. The molecule has 0 aromatic carbocycles. The fourth-order valence-corrected chi connectivity index (χ4v) is 0.0248. The van der Waals surface area contributed by atoms with E-state index in [4.69, 9.17) is 10.0 Å². The van der Waals surface area contributed by atoms with Gasteiger partial charge in [0.15, 0.2) is 6.29 Å². The third-order valence-corrected chi connectivity index (χ3v) is 0.122. The lowest BCUT2D eigenvalue weighted by molar-refractivity contribution is -0.102. The van der Waals surface area contributed by atoms with Crippen LogP contribution in [0.1, 0.15) is 0 Å². The van der Waals surface area contributed by atoms with Crippen LogP contribution in [0.3, 0.4) is 0 Å². The largest absolute Gasteiger partial charge is 0.297 e. The van der Waals surface area contributed by atoms with Gasteiger partial charge in [-0.25, -0.2) is 0 Å². The molecule has 0 bridgehead atoms. The summed E-state index contributed by atoms with van der Waals surface area (Å²) in [5, 5.41) is 11.0. The summed E-state index contributed by atoms with van der Waals surface area (Å²) in [5.41, 5.74) is 0. The van der Waals surface area contributed by atoms with Crippen molar-refractivity contribution >= 4 is 12.5 Å². The monoisotopic (exact) mass is 72.0 g/mol. The summed E-state index contributed by atoms with van der Waals surface area (Å²) in [6.45, 7) is 0. The molecule has 0 rings (SSSR count). The number of rotatable bonds is 1. The lowest BCUT2D eigenvalue weighted by Gasteiger charge is -1.46. The summed E-state index contributed by atoms with van der Waals surface area (Å²) >= 11 is 0. The third kappa shape index (κ3) is 3.14. The lowest BCUT2D eigenvalue weighted by atomic mass is 10.9. The fraction of sp³-hybridized carbons (Fsp3) is 0. The van der Waals surface area contributed by atoms with Crippen molar-refractivity contribution in [3.8, 4) is 0 Å². The summed E-state index contributed by atoms with van der Waals surface area (Å²) in [5.74, 6) is 0. The van der Waals surface area contributed by atoms with Crippen molar-refractivity contribution in [1.82, 2.24) is 0 Å². The van der Waals surface area contributed by atoms with Crippen LogP contribution in [0.15, 0.2) is 5.16 Å². The van der Waals surface area contributed by atoms with E-state index in [2.05, 4.69) is 5.16 Å². The predicted molar refractivity (Wildman–Crippen MR) is 15.2 cm³/mol. The van der Waals surface area contributed by atoms with Gasteiger partial charge in [-0.2, -0.15) is 0 Å². The standard InChI is InChI=1S/C2H2NO2/c4-2-1-3-5/h1-2H. The average Bonchev–Trinajstić information content (AvgIpc) is 1.41. The molecule has 0 aliphatic carbocycles. The molecule has 0 aliphatic heterocycles. The van der Waals surface area contributed by atoms with Gasteiger partial charge in [0.2, 0.25) is 0 Å². The number of carbonyl (C=O) groups excluding carboxylic acids is 1. The van der Waals surface area contributed by atoms with Crippen LogP contribution in [-0.2, 0) is 10.0 Å². The first-order valence-corrected chi connectivity index (χ1v) is 1.01. The molecule has 3 nitrogen and oxygen atoms in total. The second-order valence-corrected chi connectivity index (χ2v) is 0.391. The van der Waals surface area contributed by atoms with Crippen molar-refractivity contribution in [2.24, 2.45) is 5.16 Å². The molecule has 0 N–H and O–H groups in total. The second kappa shape index (κ2) is 3.14. The van der Waals surface area contributed by atoms with E-state index in [1.807, 2.05) is 0 Å². The van der Waals surface area contributed by atoms with Crippen LogP contribution < -0.4 is 0 Å². The molecule has 0 unspecified atom stereocenters. The Hall–Kier alpha value is -0.860. The van der Waals surface area contributed by atoms with E-state index in [0.29, 0.717) is 12.5 Å². The maximum atomic E-state index is 9.06. The zero-order valence-electron chi connectivity index (χ0n) is 2.42. The first-order chi connectivity index (χ1) is 2.41. The van der Waals surface area contributed by atoms with E-state index in [9.17, 15) is 0 Å². The van der Waals surface area contributed by atoms with Gasteiger partial charge in [0.1, 0.15) is 6.21 Å². The van der Waals surface area contributed by atoms with Gasteiger partial charge in [0, 0.05) is 0 Å². The Kier molecular flexibility index (Phi) is 2.60. The number of hydrogen-bond acceptors (Lipinski definition) is 2. The van der Waals surface area contributed by atoms with Crippen molar-refractivity contribution < 1.29 is 10.0 Å². The number of aldehydes is 1. The minimum absolute atomic E-state index is 0.326. The van der Waals surface area contributed by atoms with Crippen molar-refractivity contribution in [1.29, 1.82) is 0 Å². The lowest BCUT2D eigenvalue weighted by Crippen LogP contribution is -1.66. The summed E-state index contributed by atoms with van der Waals surface area (Å²) in [6, 6.07) is 0. The molecule has 0 amide bonds. The maximum Gasteiger partial charge on any atom is 0.164 e. The van der Waals surface area contributed by atoms with Crippen LogP contribution in [0.5, 0.6) is 0 Å². The Labute approximate surface area is 28.9 Å². The van der Waals surface area contributed by atoms with Gasteiger partial charge in [-0.3, -0.25) is 4.79 Å². The molecule has 3 heteroatoms. The molecule has 0 aromatic rings. The first-order valence-electron chi connectivity index (χ1n) is 1.01. The van der Waals surface area contributed by atoms with Gasteiger partial charge in [-0.05, 0) is 5.16 Å². The highest BCUT2D eigenvalue weighted by atomic mass is 16.4. The molecule has 0 aromatic heterocycles. The van der Waals surface area contributed by atoms with E-state index in [-0.39, 0.29) is 0 Å². The topological polar surface area (TPSA) is 49.3 Å². The zero-order valence-corrected chi connectivity index (χ0v) is 2.42. The molecule has 0 saturated carbocycles. The van der Waals surface area contributed by atoms with Gasteiger partial charge in [-0.15, -0.1) is 5.21 Å². The van der Waals surface area contributed by atoms with Crippen molar-refractivity contribution in [2.75, 3.05) is 0 Å². The minimum Gasteiger partial charge on any atom is -0.297 e. The van der Waals surface area contributed by atoms with Crippen molar-refractivity contribution in [2.45, 2.75) is 0 Å². The Bertz CT molecular complexity index is 49.6. The molecule has 0 fully saturated rings. The Morgan fingerprint density at radius 2 is 2.20 bits per heavy atom. The highest BCUT2D eigenvalue weighted by molar-refractivity contribution is 6.12. The van der Waals surface area contributed by atoms with Crippen LogP contribution in [-0.4, -0.2) is 12.5 Å². The minimum atomic E-state index is 0.326. The molecule has 0 saturated heterocycles. The quantitative estimate of drug-likeness (QED) is 0.236. The normalized spacial score (nSPS) is 8.80. The van der Waals surface area contributed by atoms with E-state index >= 15 is 0 Å². The van der Waals surface area contributed by atoms with Gasteiger partial charge < -0.3 is 0 Å². The first kappa shape index (κ1) is 4.14. The van der Waals surface area contributed by atoms with E-state index in [1.54, 1.807) is 0 Å². The molecule has 1 radical (unpaired) electrons. The van der Waals surface area contributed by atoms with Gasteiger partial charge in [-0.1, -0.05) is 0 Å². The van der Waals surface area contributed by atoms with Crippen molar-refractivity contribution in [3.05, 3.63) is 0 Å². The van der Waals surface area contributed by atoms with Gasteiger partial charge in [0.05, 0.1) is 0 Å². The van der Waals surface area contributed by atoms with Gasteiger partial charge >= 0.3 is 0 Å². The number of carbonyl (C=O) groups is 1. The molecule has 5 heavy (non-hydrogen) atoms. The molecule has 27 valence electrons. The second-order valence-electron chi connectivity index (χ2n) is 0.391. The number of hydrogen-bond donors (Lipinski definition) is 0. The molecule has 0 atom stereocenters. The Morgan fingerprint density at radius 3 is 2.20 bits per heavy atom. The highest BCUT2D eigenvalue weighted by Gasteiger charge is 1.54. The average molecular weight is 72.0 g/mol. The molecular formula is C2H2NO2. The molecule has 0 heterocycles. The summed E-state index contributed by atoms with van der Waals surface area (Å²) in [4.78, 5) is 9.06. The summed E-state index contributed by atoms with van der Waals surface area (Å²) in [7, 11) is 0. The zero-order chi connectivity index (χ0) is 4.12. The van der Waals surface area contributed by atoms with E-state index in [0.717, 1.165) is 0 Å². The van der Waals surface area contributed by atoms with E-state index in [1.165, 1.54) is 0 Å². The Balaban J connectivity index is 2.92. The molecule has 0 aliphatic rings. The summed E-state index contributed by atoms with van der Waals surface area (Å²) in [6.07, 6.45) is 0.965. The SMILES string of the molecule is [O]N=CC=O. The van der Waals surface area contributed by atoms with Crippen LogP contribution in [0.25, 0.3) is 0 Å². The third-order valence-electron chi connectivity index (χ3n) is 0.122.